The number of carbonyl (C=O) groups is 1. The topological polar surface area (TPSA) is 42.0 Å². The molecule has 3 nitrogen and oxygen atoms in total. The molecule has 0 saturated carbocycles. The van der Waals surface area contributed by atoms with Crippen LogP contribution in [0.25, 0.3) is 0 Å². The van der Waals surface area contributed by atoms with Gasteiger partial charge >= 0.3 is 0 Å². The van der Waals surface area contributed by atoms with E-state index in [1.165, 1.54) is 11.3 Å². The Kier molecular flexibility index (Phi) is 3.91. The average molecular weight is 311 g/mol. The Balaban J connectivity index is 1.98. The van der Waals surface area contributed by atoms with E-state index in [2.05, 4.69) is 26.2 Å². The molecule has 0 aliphatic rings. The lowest BCUT2D eigenvalue weighted by atomic mass is 10.1. The molecule has 5 heteroatoms. The van der Waals surface area contributed by atoms with E-state index in [9.17, 15) is 4.79 Å². The molecule has 1 aromatic carbocycles. The molecule has 1 N–H and O–H groups in total. The monoisotopic (exact) mass is 310 g/mol. The van der Waals surface area contributed by atoms with Crippen molar-refractivity contribution in [2.45, 2.75) is 13.3 Å². The Labute approximate surface area is 112 Å². The number of nitrogens with zero attached hydrogens (tertiary/aromatic N) is 1. The third kappa shape index (κ3) is 3.38. The van der Waals surface area contributed by atoms with E-state index in [0.717, 1.165) is 20.7 Å². The van der Waals surface area contributed by atoms with Gasteiger partial charge < -0.3 is 5.32 Å². The summed E-state index contributed by atoms with van der Waals surface area (Å²) in [6, 6.07) is 7.73. The van der Waals surface area contributed by atoms with Gasteiger partial charge in [-0.05, 0) is 24.6 Å². The van der Waals surface area contributed by atoms with E-state index in [1.807, 2.05) is 31.2 Å². The minimum Gasteiger partial charge on any atom is -0.316 e. The number of amides is 1. The Morgan fingerprint density at radius 2 is 2.12 bits per heavy atom. The molecular formula is C12H11BrN2OS. The van der Waals surface area contributed by atoms with Gasteiger partial charge in [-0.25, -0.2) is 4.98 Å². The van der Waals surface area contributed by atoms with Gasteiger partial charge in [0.1, 0.15) is 5.00 Å². The van der Waals surface area contributed by atoms with E-state index in [0.29, 0.717) is 6.42 Å². The fraction of sp³-hybridized carbons (Fsp3) is 0.167. The molecule has 2 rings (SSSR count). The van der Waals surface area contributed by atoms with Crippen LogP contribution < -0.4 is 5.32 Å². The van der Waals surface area contributed by atoms with Gasteiger partial charge in [-0.15, -0.1) is 11.3 Å². The van der Waals surface area contributed by atoms with E-state index >= 15 is 0 Å². The zero-order chi connectivity index (χ0) is 12.3. The predicted octanol–water partition coefficient (Wildman–Crippen LogP) is 3.40. The van der Waals surface area contributed by atoms with Gasteiger partial charge in [0.05, 0.1) is 17.6 Å². The zero-order valence-electron chi connectivity index (χ0n) is 9.24. The van der Waals surface area contributed by atoms with Crippen LogP contribution in [0, 0.1) is 6.92 Å². The maximum absolute atomic E-state index is 11.8. The highest BCUT2D eigenvalue weighted by atomic mass is 79.9. The smallest absolute Gasteiger partial charge is 0.229 e. The van der Waals surface area contributed by atoms with Crippen molar-refractivity contribution in [2.24, 2.45) is 0 Å². The quantitative estimate of drug-likeness (QED) is 0.944. The van der Waals surface area contributed by atoms with Gasteiger partial charge in [0.2, 0.25) is 5.91 Å². The standard InChI is InChI=1S/C12H11BrN2OS/c1-8-12(17-7-14-8)15-11(16)6-9-2-4-10(13)5-3-9/h2-5,7H,6H2,1H3,(H,15,16). The summed E-state index contributed by atoms with van der Waals surface area (Å²) in [4.78, 5) is 15.9. The van der Waals surface area contributed by atoms with Gasteiger partial charge in [-0.3, -0.25) is 4.79 Å². The van der Waals surface area contributed by atoms with E-state index in [-0.39, 0.29) is 5.91 Å². The molecule has 1 aromatic heterocycles. The summed E-state index contributed by atoms with van der Waals surface area (Å²) < 4.78 is 1.01. The fourth-order valence-corrected chi connectivity index (χ4v) is 2.36. The first-order chi connectivity index (χ1) is 8.15. The Morgan fingerprint density at radius 1 is 1.41 bits per heavy atom. The van der Waals surface area contributed by atoms with Gasteiger partial charge in [0.25, 0.3) is 0 Å². The molecule has 0 unspecified atom stereocenters. The second-order valence-corrected chi connectivity index (χ2v) is 5.39. The number of carbonyl (C=O) groups excluding carboxylic acids is 1. The van der Waals surface area contributed by atoms with Crippen LogP contribution in [0.4, 0.5) is 5.00 Å². The van der Waals surface area contributed by atoms with Crippen molar-refractivity contribution in [3.05, 3.63) is 45.5 Å². The molecule has 0 aliphatic heterocycles. The summed E-state index contributed by atoms with van der Waals surface area (Å²) in [6.45, 7) is 1.88. The number of halogens is 1. The SMILES string of the molecule is Cc1ncsc1NC(=O)Cc1ccc(Br)cc1. The second-order valence-electron chi connectivity index (χ2n) is 3.62. The zero-order valence-corrected chi connectivity index (χ0v) is 11.6. The van der Waals surface area contributed by atoms with Crippen molar-refractivity contribution >= 4 is 38.2 Å². The van der Waals surface area contributed by atoms with Crippen LogP contribution in [0.1, 0.15) is 11.3 Å². The Morgan fingerprint density at radius 3 is 2.71 bits per heavy atom. The van der Waals surface area contributed by atoms with Crippen LogP contribution in [0.3, 0.4) is 0 Å². The molecule has 1 amide bonds. The van der Waals surface area contributed by atoms with Gasteiger partial charge in [0.15, 0.2) is 0 Å². The summed E-state index contributed by atoms with van der Waals surface area (Å²) in [6.07, 6.45) is 0.380. The van der Waals surface area contributed by atoms with Crippen molar-refractivity contribution in [1.82, 2.24) is 4.98 Å². The molecule has 17 heavy (non-hydrogen) atoms. The van der Waals surface area contributed by atoms with Crippen molar-refractivity contribution < 1.29 is 4.79 Å². The van der Waals surface area contributed by atoms with Crippen LogP contribution in [0.2, 0.25) is 0 Å². The summed E-state index contributed by atoms with van der Waals surface area (Å²) in [7, 11) is 0. The van der Waals surface area contributed by atoms with Crippen molar-refractivity contribution in [1.29, 1.82) is 0 Å². The normalized spacial score (nSPS) is 10.2. The molecule has 0 radical (unpaired) electrons. The van der Waals surface area contributed by atoms with E-state index < -0.39 is 0 Å². The van der Waals surface area contributed by atoms with Crippen molar-refractivity contribution in [2.75, 3.05) is 5.32 Å². The molecule has 0 atom stereocenters. The third-order valence-corrected chi connectivity index (χ3v) is 3.65. The van der Waals surface area contributed by atoms with Crippen LogP contribution in [0.5, 0.6) is 0 Å². The summed E-state index contributed by atoms with van der Waals surface area (Å²) in [5.41, 5.74) is 3.58. The van der Waals surface area contributed by atoms with Crippen LogP contribution >= 0.6 is 27.3 Å². The van der Waals surface area contributed by atoms with Gasteiger partial charge in [-0.2, -0.15) is 0 Å². The lowest BCUT2D eigenvalue weighted by Gasteiger charge is -2.03. The highest BCUT2D eigenvalue weighted by Crippen LogP contribution is 2.19. The minimum absolute atomic E-state index is 0.0142. The number of hydrogen-bond donors (Lipinski definition) is 1. The van der Waals surface area contributed by atoms with Crippen molar-refractivity contribution in [3.63, 3.8) is 0 Å². The van der Waals surface area contributed by atoms with Crippen LogP contribution in [-0.2, 0) is 11.2 Å². The largest absolute Gasteiger partial charge is 0.316 e. The number of aryl methyl sites for hydroxylation is 1. The first-order valence-corrected chi connectivity index (χ1v) is 6.77. The molecule has 0 fully saturated rings. The number of nitrogens with one attached hydrogen (secondary N) is 1. The van der Waals surface area contributed by atoms with Gasteiger partial charge in [-0.1, -0.05) is 28.1 Å². The molecule has 0 saturated heterocycles. The Hall–Kier alpha value is -1.20. The molecule has 0 aliphatic carbocycles. The van der Waals surface area contributed by atoms with Crippen molar-refractivity contribution in [3.8, 4) is 0 Å². The lowest BCUT2D eigenvalue weighted by Crippen LogP contribution is -2.14. The summed E-state index contributed by atoms with van der Waals surface area (Å²) in [5.74, 6) is -0.0142. The predicted molar refractivity (Wildman–Crippen MR) is 73.3 cm³/mol. The molecule has 0 bridgehead atoms. The van der Waals surface area contributed by atoms with E-state index in [4.69, 9.17) is 0 Å². The first kappa shape index (κ1) is 12.3. The maximum atomic E-state index is 11.8. The summed E-state index contributed by atoms with van der Waals surface area (Å²) >= 11 is 4.80. The molecule has 88 valence electrons. The number of hydrogen-bond acceptors (Lipinski definition) is 3. The van der Waals surface area contributed by atoms with Crippen LogP contribution in [0.15, 0.2) is 34.2 Å². The average Bonchev–Trinajstić information content (AvgIpc) is 2.68. The number of thiazole rings is 1. The first-order valence-electron chi connectivity index (χ1n) is 5.09. The van der Waals surface area contributed by atoms with E-state index in [1.54, 1.807) is 5.51 Å². The molecule has 2 aromatic rings. The van der Waals surface area contributed by atoms with Gasteiger partial charge in [0, 0.05) is 4.47 Å². The molecular weight excluding hydrogens is 300 g/mol. The maximum Gasteiger partial charge on any atom is 0.229 e. The number of benzene rings is 1. The number of anilines is 1. The Bertz CT molecular complexity index is 522. The van der Waals surface area contributed by atoms with Crippen LogP contribution in [-0.4, -0.2) is 10.9 Å². The third-order valence-electron chi connectivity index (χ3n) is 2.28. The minimum atomic E-state index is -0.0142. The summed E-state index contributed by atoms with van der Waals surface area (Å²) in [5, 5.41) is 3.68. The second kappa shape index (κ2) is 5.42. The lowest BCUT2D eigenvalue weighted by molar-refractivity contribution is -0.115. The highest BCUT2D eigenvalue weighted by molar-refractivity contribution is 9.10. The fourth-order valence-electron chi connectivity index (χ4n) is 1.38. The molecule has 1 heterocycles. The molecule has 0 spiro atoms. The number of aromatic nitrogens is 1. The highest BCUT2D eigenvalue weighted by Gasteiger charge is 2.07. The number of rotatable bonds is 3.